The van der Waals surface area contributed by atoms with Crippen LogP contribution in [-0.4, -0.2) is 72.8 Å². The van der Waals surface area contributed by atoms with Crippen LogP contribution in [0.3, 0.4) is 0 Å². The van der Waals surface area contributed by atoms with Crippen LogP contribution in [0.15, 0.2) is 0 Å². The minimum Gasteiger partial charge on any atom is -0.343 e. The maximum Gasteiger partial charge on any atom is 0.222 e. The SMILES string of the molecule is CCCCCCN(CCCCCCCCN(C)CCCCCCCCN(CCCCCC)C(=O)CCCCC)C(=O)CCCCC. The summed E-state index contributed by atoms with van der Waals surface area (Å²) < 4.78 is 0. The van der Waals surface area contributed by atoms with Gasteiger partial charge in [0.1, 0.15) is 0 Å². The Labute approximate surface area is 289 Å². The summed E-state index contributed by atoms with van der Waals surface area (Å²) in [5.74, 6) is 0.794. The third kappa shape index (κ3) is 29.1. The molecule has 0 atom stereocenters. The molecular formula is C41H83N3O2. The van der Waals surface area contributed by atoms with Gasteiger partial charge in [-0.2, -0.15) is 0 Å². The lowest BCUT2D eigenvalue weighted by Crippen LogP contribution is -2.32. The largest absolute Gasteiger partial charge is 0.343 e. The molecule has 0 aliphatic rings. The lowest BCUT2D eigenvalue weighted by Gasteiger charge is -2.23. The topological polar surface area (TPSA) is 43.9 Å². The maximum absolute atomic E-state index is 12.7. The molecular weight excluding hydrogens is 566 g/mol. The first-order valence-corrected chi connectivity index (χ1v) is 20.7. The average molecular weight is 650 g/mol. The van der Waals surface area contributed by atoms with Crippen LogP contribution in [0, 0.1) is 0 Å². The average Bonchev–Trinajstić information content (AvgIpc) is 3.05. The molecule has 0 aromatic rings. The molecule has 0 spiro atoms. The van der Waals surface area contributed by atoms with Gasteiger partial charge in [0.25, 0.3) is 0 Å². The highest BCUT2D eigenvalue weighted by atomic mass is 16.2. The third-order valence-electron chi connectivity index (χ3n) is 9.69. The van der Waals surface area contributed by atoms with E-state index in [9.17, 15) is 9.59 Å². The first-order chi connectivity index (χ1) is 22.5. The van der Waals surface area contributed by atoms with Gasteiger partial charge in [0, 0.05) is 39.0 Å². The molecule has 0 bridgehead atoms. The van der Waals surface area contributed by atoms with Gasteiger partial charge in [0.15, 0.2) is 0 Å². The highest BCUT2D eigenvalue weighted by Gasteiger charge is 2.13. The number of hydrogen-bond donors (Lipinski definition) is 0. The van der Waals surface area contributed by atoms with Crippen LogP contribution in [0.4, 0.5) is 0 Å². The van der Waals surface area contributed by atoms with Crippen LogP contribution < -0.4 is 0 Å². The van der Waals surface area contributed by atoms with Crippen LogP contribution in [-0.2, 0) is 9.59 Å². The molecule has 2 amide bonds. The molecule has 0 fully saturated rings. The molecule has 0 rings (SSSR count). The molecule has 46 heavy (non-hydrogen) atoms. The Morgan fingerprint density at radius 2 is 0.565 bits per heavy atom. The molecule has 0 N–H and O–H groups in total. The lowest BCUT2D eigenvalue weighted by atomic mass is 10.1. The van der Waals surface area contributed by atoms with E-state index >= 15 is 0 Å². The van der Waals surface area contributed by atoms with Crippen LogP contribution >= 0.6 is 0 Å². The Bertz CT molecular complexity index is 602. The zero-order valence-electron chi connectivity index (χ0n) is 32.2. The maximum atomic E-state index is 12.7. The monoisotopic (exact) mass is 650 g/mol. The molecule has 0 aromatic carbocycles. The Morgan fingerprint density at radius 3 is 0.870 bits per heavy atom. The van der Waals surface area contributed by atoms with Gasteiger partial charge in [-0.3, -0.25) is 9.59 Å². The van der Waals surface area contributed by atoms with E-state index in [1.54, 1.807) is 0 Å². The number of nitrogens with zero attached hydrogens (tertiary/aromatic N) is 3. The fraction of sp³-hybridized carbons (Fsp3) is 0.951. The number of hydrogen-bond acceptors (Lipinski definition) is 3. The van der Waals surface area contributed by atoms with E-state index in [2.05, 4.69) is 49.4 Å². The summed E-state index contributed by atoms with van der Waals surface area (Å²) in [5.41, 5.74) is 0. The van der Waals surface area contributed by atoms with E-state index < -0.39 is 0 Å². The molecule has 5 nitrogen and oxygen atoms in total. The Balaban J connectivity index is 3.89. The third-order valence-corrected chi connectivity index (χ3v) is 9.69. The molecule has 0 unspecified atom stereocenters. The highest BCUT2D eigenvalue weighted by Crippen LogP contribution is 2.13. The quantitative estimate of drug-likeness (QED) is 0.0634. The van der Waals surface area contributed by atoms with Gasteiger partial charge >= 0.3 is 0 Å². The van der Waals surface area contributed by atoms with Gasteiger partial charge in [-0.05, 0) is 71.5 Å². The molecule has 274 valence electrons. The summed E-state index contributed by atoms with van der Waals surface area (Å²) in [5, 5.41) is 0. The molecule has 0 saturated carbocycles. The second-order valence-electron chi connectivity index (χ2n) is 14.3. The molecule has 0 aromatic heterocycles. The van der Waals surface area contributed by atoms with Gasteiger partial charge in [-0.25, -0.2) is 0 Å². The second kappa shape index (κ2) is 35.2. The van der Waals surface area contributed by atoms with Gasteiger partial charge in [-0.1, -0.05) is 143 Å². The molecule has 5 heteroatoms. The minimum atomic E-state index is 0.397. The van der Waals surface area contributed by atoms with Crippen molar-refractivity contribution < 1.29 is 9.59 Å². The van der Waals surface area contributed by atoms with Crippen molar-refractivity contribution in [2.75, 3.05) is 46.3 Å². The summed E-state index contributed by atoms with van der Waals surface area (Å²) in [4.78, 5) is 32.4. The summed E-state index contributed by atoms with van der Waals surface area (Å²) in [6, 6.07) is 0. The van der Waals surface area contributed by atoms with Crippen LogP contribution in [0.25, 0.3) is 0 Å². The summed E-state index contributed by atoms with van der Waals surface area (Å²) in [7, 11) is 2.29. The van der Waals surface area contributed by atoms with Crippen molar-refractivity contribution in [3.63, 3.8) is 0 Å². The van der Waals surface area contributed by atoms with Crippen molar-refractivity contribution in [3.05, 3.63) is 0 Å². The van der Waals surface area contributed by atoms with Gasteiger partial charge in [0.2, 0.25) is 11.8 Å². The lowest BCUT2D eigenvalue weighted by molar-refractivity contribution is -0.132. The normalized spacial score (nSPS) is 11.4. The van der Waals surface area contributed by atoms with E-state index in [1.807, 2.05) is 0 Å². The predicted octanol–water partition coefficient (Wildman–Crippen LogP) is 11.6. The molecule has 0 saturated heterocycles. The van der Waals surface area contributed by atoms with Crippen LogP contribution in [0.2, 0.25) is 0 Å². The van der Waals surface area contributed by atoms with E-state index in [0.29, 0.717) is 11.8 Å². The zero-order valence-corrected chi connectivity index (χ0v) is 32.2. The molecule has 0 aliphatic carbocycles. The summed E-state index contributed by atoms with van der Waals surface area (Å²) in [6.07, 6.45) is 33.6. The fourth-order valence-corrected chi connectivity index (χ4v) is 6.44. The number of amides is 2. The van der Waals surface area contributed by atoms with E-state index in [4.69, 9.17) is 0 Å². The van der Waals surface area contributed by atoms with E-state index in [-0.39, 0.29) is 0 Å². The van der Waals surface area contributed by atoms with Gasteiger partial charge < -0.3 is 14.7 Å². The van der Waals surface area contributed by atoms with Crippen molar-refractivity contribution in [2.24, 2.45) is 0 Å². The van der Waals surface area contributed by atoms with E-state index in [0.717, 1.165) is 51.9 Å². The Hall–Kier alpha value is -1.10. The standard InChI is InChI=1S/C41H83N3O2/c1-6-10-14-28-36-43(40(45)32-24-12-8-3)38-30-22-18-16-20-26-34-42(5)35-27-21-17-19-23-31-39-44(37-29-15-11-7-2)41(46)33-25-13-9-4/h6-39H2,1-5H3. The smallest absolute Gasteiger partial charge is 0.222 e. The number of carbonyl (C=O) groups excluding carboxylic acids is 2. The van der Waals surface area contributed by atoms with Crippen molar-refractivity contribution in [2.45, 2.75) is 207 Å². The molecule has 0 radical (unpaired) electrons. The number of rotatable bonds is 36. The fourth-order valence-electron chi connectivity index (χ4n) is 6.44. The number of unbranched alkanes of at least 4 members (excludes halogenated alkanes) is 20. The van der Waals surface area contributed by atoms with Gasteiger partial charge in [-0.15, -0.1) is 0 Å². The number of carbonyl (C=O) groups is 2. The van der Waals surface area contributed by atoms with E-state index in [1.165, 1.54) is 167 Å². The van der Waals surface area contributed by atoms with Crippen molar-refractivity contribution in [1.29, 1.82) is 0 Å². The van der Waals surface area contributed by atoms with Gasteiger partial charge in [0.05, 0.1) is 0 Å². The first kappa shape index (κ1) is 44.9. The van der Waals surface area contributed by atoms with Crippen molar-refractivity contribution in [1.82, 2.24) is 14.7 Å². The Morgan fingerprint density at radius 1 is 0.326 bits per heavy atom. The van der Waals surface area contributed by atoms with Crippen molar-refractivity contribution >= 4 is 11.8 Å². The van der Waals surface area contributed by atoms with Crippen molar-refractivity contribution in [3.8, 4) is 0 Å². The molecule has 0 aliphatic heterocycles. The second-order valence-corrected chi connectivity index (χ2v) is 14.3. The summed E-state index contributed by atoms with van der Waals surface area (Å²) in [6.45, 7) is 15.2. The Kier molecular flexibility index (Phi) is 34.4. The highest BCUT2D eigenvalue weighted by molar-refractivity contribution is 5.76. The summed E-state index contributed by atoms with van der Waals surface area (Å²) >= 11 is 0. The first-order valence-electron chi connectivity index (χ1n) is 20.7. The predicted molar refractivity (Wildman–Crippen MR) is 203 cm³/mol. The molecule has 0 heterocycles. The minimum absolute atomic E-state index is 0.397. The van der Waals surface area contributed by atoms with Crippen LogP contribution in [0.1, 0.15) is 207 Å². The zero-order chi connectivity index (χ0) is 33.9. The van der Waals surface area contributed by atoms with Crippen LogP contribution in [0.5, 0.6) is 0 Å².